The van der Waals surface area contributed by atoms with Crippen molar-refractivity contribution in [1.29, 1.82) is 0 Å². The molecule has 7 nitrogen and oxygen atoms in total. The fourth-order valence-electron chi connectivity index (χ4n) is 4.06. The van der Waals surface area contributed by atoms with Crippen LogP contribution in [0.15, 0.2) is 52.0 Å². The molecule has 0 aliphatic carbocycles. The van der Waals surface area contributed by atoms with Gasteiger partial charge in [-0.15, -0.1) is 11.8 Å². The summed E-state index contributed by atoms with van der Waals surface area (Å²) in [5.74, 6) is 0.535. The number of hydrogen-bond acceptors (Lipinski definition) is 7. The van der Waals surface area contributed by atoms with Gasteiger partial charge in [0.2, 0.25) is 11.7 Å². The highest BCUT2D eigenvalue weighted by Gasteiger charge is 2.27. The molecule has 1 atom stereocenters. The molecule has 0 spiro atoms. The highest BCUT2D eigenvalue weighted by Crippen LogP contribution is 2.26. The number of anilines is 2. The summed E-state index contributed by atoms with van der Waals surface area (Å²) in [5, 5.41) is 12.3. The highest BCUT2D eigenvalue weighted by molar-refractivity contribution is 8.02. The number of ether oxygens (including phenoxy) is 1. The summed E-state index contributed by atoms with van der Waals surface area (Å²) in [5.41, 5.74) is 4.20. The van der Waals surface area contributed by atoms with Gasteiger partial charge in [-0.2, -0.15) is 0 Å². The Hall–Kier alpha value is -2.29. The van der Waals surface area contributed by atoms with E-state index in [1.54, 1.807) is 0 Å². The SMILES string of the molecule is CC1(Nc2cccc(NC(=O)CCN3CCOCC3)c2)N=CC2=C(C/C=C\SCCC2)N1. The first-order valence-electron chi connectivity index (χ1n) is 11.4. The number of morpholine rings is 1. The Kier molecular flexibility index (Phi) is 7.89. The molecule has 3 heterocycles. The molecule has 3 N–H and O–H groups in total. The van der Waals surface area contributed by atoms with E-state index in [0.29, 0.717) is 6.42 Å². The number of aliphatic imine (C=N–C) groups is 1. The lowest BCUT2D eigenvalue weighted by Crippen LogP contribution is -2.49. The normalized spacial score (nSPS) is 25.0. The lowest BCUT2D eigenvalue weighted by atomic mass is 10.0. The standard InChI is InChI=1S/C24H33N5O2S/c1-24(25-18-19-5-3-15-32-16-4-8-22(19)28-24)27-21-7-2-6-20(17-21)26-23(30)9-10-29-11-13-31-14-12-29/h2,4,6-7,16-18,27-28H,3,5,8-15H2,1H3,(H,26,30)/b16-4-. The van der Waals surface area contributed by atoms with Crippen LogP contribution < -0.4 is 16.0 Å². The Balaban J connectivity index is 1.34. The predicted molar refractivity (Wildman–Crippen MR) is 133 cm³/mol. The molecule has 0 bridgehead atoms. The van der Waals surface area contributed by atoms with Crippen LogP contribution in [0.3, 0.4) is 0 Å². The van der Waals surface area contributed by atoms with Crippen LogP contribution in [-0.4, -0.2) is 61.4 Å². The molecule has 8 heteroatoms. The van der Waals surface area contributed by atoms with Crippen LogP contribution in [-0.2, 0) is 9.53 Å². The third-order valence-corrected chi connectivity index (χ3v) is 6.69. The van der Waals surface area contributed by atoms with Crippen molar-refractivity contribution in [3.8, 4) is 0 Å². The molecule has 172 valence electrons. The Labute approximate surface area is 194 Å². The summed E-state index contributed by atoms with van der Waals surface area (Å²) in [7, 11) is 0. The van der Waals surface area contributed by atoms with Gasteiger partial charge in [0.1, 0.15) is 0 Å². The molecular weight excluding hydrogens is 422 g/mol. The first-order chi connectivity index (χ1) is 15.6. The summed E-state index contributed by atoms with van der Waals surface area (Å²) in [6, 6.07) is 7.81. The van der Waals surface area contributed by atoms with Gasteiger partial charge in [-0.1, -0.05) is 12.1 Å². The molecule has 3 aliphatic heterocycles. The first-order valence-corrected chi connectivity index (χ1v) is 12.4. The molecule has 1 aromatic carbocycles. The number of allylic oxidation sites excluding steroid dienone is 2. The van der Waals surface area contributed by atoms with Crippen molar-refractivity contribution in [1.82, 2.24) is 10.2 Å². The summed E-state index contributed by atoms with van der Waals surface area (Å²) in [6.07, 6.45) is 7.78. The Morgan fingerprint density at radius 1 is 1.31 bits per heavy atom. The van der Waals surface area contributed by atoms with Crippen LogP contribution in [0.1, 0.15) is 32.6 Å². The Morgan fingerprint density at radius 2 is 2.16 bits per heavy atom. The topological polar surface area (TPSA) is 78.0 Å². The number of nitrogens with one attached hydrogen (secondary N) is 3. The van der Waals surface area contributed by atoms with Crippen LogP contribution in [0.25, 0.3) is 0 Å². The van der Waals surface area contributed by atoms with Gasteiger partial charge in [-0.3, -0.25) is 9.69 Å². The smallest absolute Gasteiger partial charge is 0.225 e. The van der Waals surface area contributed by atoms with Crippen molar-refractivity contribution in [3.63, 3.8) is 0 Å². The lowest BCUT2D eigenvalue weighted by molar-refractivity contribution is -0.116. The van der Waals surface area contributed by atoms with Crippen LogP contribution in [0.2, 0.25) is 0 Å². The molecule has 1 fully saturated rings. The van der Waals surface area contributed by atoms with E-state index in [-0.39, 0.29) is 5.91 Å². The average molecular weight is 456 g/mol. The van der Waals surface area contributed by atoms with Crippen LogP contribution in [0.5, 0.6) is 0 Å². The van der Waals surface area contributed by atoms with Gasteiger partial charge in [0.05, 0.1) is 13.2 Å². The molecule has 1 saturated heterocycles. The van der Waals surface area contributed by atoms with E-state index in [2.05, 4.69) is 32.3 Å². The van der Waals surface area contributed by atoms with E-state index < -0.39 is 5.79 Å². The molecule has 0 radical (unpaired) electrons. The minimum absolute atomic E-state index is 0.0266. The first kappa shape index (κ1) is 22.9. The molecular formula is C24H33N5O2S. The highest BCUT2D eigenvalue weighted by atomic mass is 32.2. The molecule has 3 aliphatic rings. The van der Waals surface area contributed by atoms with Gasteiger partial charge in [0, 0.05) is 55.8 Å². The molecule has 1 unspecified atom stereocenters. The van der Waals surface area contributed by atoms with Crippen LogP contribution in [0, 0.1) is 0 Å². The maximum Gasteiger partial charge on any atom is 0.225 e. The average Bonchev–Trinajstić information content (AvgIpc) is 2.90. The number of benzene rings is 1. The maximum atomic E-state index is 12.4. The van der Waals surface area contributed by atoms with E-state index in [1.165, 1.54) is 11.3 Å². The zero-order valence-corrected chi connectivity index (χ0v) is 19.5. The number of rotatable bonds is 6. The molecule has 0 aromatic heterocycles. The summed E-state index contributed by atoms with van der Waals surface area (Å²) in [4.78, 5) is 19.5. The fraction of sp³-hybridized carbons (Fsp3) is 0.500. The van der Waals surface area contributed by atoms with E-state index in [0.717, 1.165) is 69.2 Å². The van der Waals surface area contributed by atoms with Gasteiger partial charge in [0.25, 0.3) is 0 Å². The van der Waals surface area contributed by atoms with Crippen molar-refractivity contribution >= 4 is 35.3 Å². The van der Waals surface area contributed by atoms with Crippen molar-refractivity contribution in [3.05, 3.63) is 47.0 Å². The second-order valence-corrected chi connectivity index (χ2v) is 9.48. The second-order valence-electron chi connectivity index (χ2n) is 8.47. The quantitative estimate of drug-likeness (QED) is 0.606. The number of carbonyl (C=O) groups is 1. The largest absolute Gasteiger partial charge is 0.379 e. The Morgan fingerprint density at radius 3 is 3.03 bits per heavy atom. The van der Waals surface area contributed by atoms with Gasteiger partial charge in [-0.25, -0.2) is 4.99 Å². The number of carbonyl (C=O) groups excluding carboxylic acids is 1. The van der Waals surface area contributed by atoms with Crippen LogP contribution >= 0.6 is 11.8 Å². The monoisotopic (exact) mass is 455 g/mol. The zero-order chi connectivity index (χ0) is 22.2. The minimum atomic E-state index is -0.632. The summed E-state index contributed by atoms with van der Waals surface area (Å²) >= 11 is 1.87. The third kappa shape index (κ3) is 6.60. The minimum Gasteiger partial charge on any atom is -0.379 e. The molecule has 0 saturated carbocycles. The van der Waals surface area contributed by atoms with Crippen molar-refractivity contribution in [2.75, 3.05) is 49.2 Å². The fourth-order valence-corrected chi connectivity index (χ4v) is 4.74. The predicted octanol–water partition coefficient (Wildman–Crippen LogP) is 3.79. The van der Waals surface area contributed by atoms with E-state index >= 15 is 0 Å². The van der Waals surface area contributed by atoms with Gasteiger partial charge >= 0.3 is 0 Å². The number of hydrogen-bond donors (Lipinski definition) is 3. The van der Waals surface area contributed by atoms with E-state index in [4.69, 9.17) is 9.73 Å². The number of thioether (sulfide) groups is 1. The Bertz CT molecular complexity index is 894. The molecule has 32 heavy (non-hydrogen) atoms. The maximum absolute atomic E-state index is 12.4. The van der Waals surface area contributed by atoms with Gasteiger partial charge < -0.3 is 20.7 Å². The zero-order valence-electron chi connectivity index (χ0n) is 18.7. The van der Waals surface area contributed by atoms with E-state index in [9.17, 15) is 4.79 Å². The molecule has 1 amide bonds. The third-order valence-electron chi connectivity index (χ3n) is 5.78. The summed E-state index contributed by atoms with van der Waals surface area (Å²) < 4.78 is 5.36. The van der Waals surface area contributed by atoms with Gasteiger partial charge in [0.15, 0.2) is 0 Å². The van der Waals surface area contributed by atoms with Crippen molar-refractivity contribution in [2.45, 2.75) is 38.4 Å². The van der Waals surface area contributed by atoms with E-state index in [1.807, 2.05) is 49.2 Å². The van der Waals surface area contributed by atoms with Crippen molar-refractivity contribution < 1.29 is 9.53 Å². The number of nitrogens with zero attached hydrogens (tertiary/aromatic N) is 2. The van der Waals surface area contributed by atoms with Crippen molar-refractivity contribution in [2.24, 2.45) is 4.99 Å². The lowest BCUT2D eigenvalue weighted by Gasteiger charge is -2.35. The molecule has 1 aromatic rings. The molecule has 4 rings (SSSR count). The second kappa shape index (κ2) is 11.0. The van der Waals surface area contributed by atoms with Crippen LogP contribution in [0.4, 0.5) is 11.4 Å². The number of amides is 1. The van der Waals surface area contributed by atoms with Gasteiger partial charge in [-0.05, 0) is 54.7 Å². The summed E-state index contributed by atoms with van der Waals surface area (Å²) in [6.45, 7) is 6.08.